The third kappa shape index (κ3) is 2.51. The van der Waals surface area contributed by atoms with E-state index in [4.69, 9.17) is 4.42 Å². The summed E-state index contributed by atoms with van der Waals surface area (Å²) in [6, 6.07) is 9.74. The minimum atomic E-state index is -0.830. The highest BCUT2D eigenvalue weighted by Gasteiger charge is 2.14. The topological polar surface area (TPSA) is 33.4 Å². The van der Waals surface area contributed by atoms with Gasteiger partial charge in [-0.1, -0.05) is 18.2 Å². The number of aliphatic hydroxyl groups excluding tert-OH is 1. The molecule has 0 spiro atoms. The summed E-state index contributed by atoms with van der Waals surface area (Å²) >= 11 is 3.15. The Labute approximate surface area is 101 Å². The van der Waals surface area contributed by atoms with Crippen LogP contribution in [0.5, 0.6) is 0 Å². The molecule has 1 atom stereocenters. The molecular formula is C12H10BrFO2. The summed E-state index contributed by atoms with van der Waals surface area (Å²) in [4.78, 5) is 0. The molecule has 0 saturated carbocycles. The Morgan fingerprint density at radius 3 is 2.62 bits per heavy atom. The predicted octanol–water partition coefficient (Wildman–Crippen LogP) is 3.46. The Morgan fingerprint density at radius 2 is 2.00 bits per heavy atom. The van der Waals surface area contributed by atoms with E-state index in [-0.39, 0.29) is 12.2 Å². The minimum Gasteiger partial charge on any atom is -0.452 e. The van der Waals surface area contributed by atoms with Gasteiger partial charge in [0.1, 0.15) is 17.7 Å². The normalized spacial score (nSPS) is 12.7. The molecule has 0 radical (unpaired) electrons. The molecule has 1 aromatic carbocycles. The number of hydrogen-bond acceptors (Lipinski definition) is 2. The molecule has 2 rings (SSSR count). The molecule has 2 nitrogen and oxygen atoms in total. The molecular weight excluding hydrogens is 275 g/mol. The van der Waals surface area contributed by atoms with Crippen LogP contribution in [0.15, 0.2) is 45.5 Å². The van der Waals surface area contributed by atoms with Crippen LogP contribution in [0.25, 0.3) is 0 Å². The van der Waals surface area contributed by atoms with Gasteiger partial charge in [-0.25, -0.2) is 4.39 Å². The molecule has 1 aromatic heterocycles. The minimum absolute atomic E-state index is 0.201. The molecule has 0 fully saturated rings. The molecule has 4 heteroatoms. The summed E-state index contributed by atoms with van der Waals surface area (Å²) in [5.74, 6) is 0.113. The highest BCUT2D eigenvalue weighted by molar-refractivity contribution is 9.10. The van der Waals surface area contributed by atoms with Crippen LogP contribution in [-0.2, 0) is 6.42 Å². The van der Waals surface area contributed by atoms with Gasteiger partial charge in [0.05, 0.1) is 0 Å². The molecule has 0 aliphatic heterocycles. The Balaban J connectivity index is 2.13. The van der Waals surface area contributed by atoms with E-state index in [9.17, 15) is 9.50 Å². The van der Waals surface area contributed by atoms with Crippen molar-refractivity contribution in [1.82, 2.24) is 0 Å². The van der Waals surface area contributed by atoms with Gasteiger partial charge in [-0.05, 0) is 39.7 Å². The first kappa shape index (κ1) is 11.4. The van der Waals surface area contributed by atoms with Crippen LogP contribution in [0.3, 0.4) is 0 Å². The highest BCUT2D eigenvalue weighted by Crippen LogP contribution is 2.24. The van der Waals surface area contributed by atoms with Crippen molar-refractivity contribution >= 4 is 15.9 Å². The molecule has 1 unspecified atom stereocenters. The zero-order chi connectivity index (χ0) is 11.5. The Hall–Kier alpha value is -1.13. The number of hydrogen-bond donors (Lipinski definition) is 1. The van der Waals surface area contributed by atoms with E-state index in [1.807, 2.05) is 0 Å². The molecule has 2 aromatic rings. The number of furan rings is 1. The van der Waals surface area contributed by atoms with E-state index in [0.717, 1.165) is 0 Å². The van der Waals surface area contributed by atoms with Gasteiger partial charge in [0.25, 0.3) is 0 Å². The van der Waals surface area contributed by atoms with Crippen LogP contribution in [0.4, 0.5) is 4.39 Å². The van der Waals surface area contributed by atoms with Crippen molar-refractivity contribution in [2.45, 2.75) is 12.5 Å². The largest absolute Gasteiger partial charge is 0.452 e. The first-order chi connectivity index (χ1) is 7.66. The zero-order valence-electron chi connectivity index (χ0n) is 8.36. The lowest BCUT2D eigenvalue weighted by Gasteiger charge is -2.08. The third-order valence-electron chi connectivity index (χ3n) is 2.29. The Bertz CT molecular complexity index is 481. The van der Waals surface area contributed by atoms with Gasteiger partial charge >= 0.3 is 0 Å². The van der Waals surface area contributed by atoms with Crippen molar-refractivity contribution in [2.75, 3.05) is 0 Å². The molecule has 0 amide bonds. The van der Waals surface area contributed by atoms with Gasteiger partial charge in [0.15, 0.2) is 4.67 Å². The Morgan fingerprint density at radius 1 is 1.25 bits per heavy atom. The SMILES string of the molecule is OC(Cc1ccccc1F)c1ccc(Br)o1. The summed E-state index contributed by atoms with van der Waals surface area (Å²) in [7, 11) is 0. The second kappa shape index (κ2) is 4.80. The van der Waals surface area contributed by atoms with E-state index in [1.54, 1.807) is 30.3 Å². The van der Waals surface area contributed by atoms with E-state index in [0.29, 0.717) is 16.0 Å². The van der Waals surface area contributed by atoms with E-state index in [1.165, 1.54) is 6.07 Å². The summed E-state index contributed by atoms with van der Waals surface area (Å²) in [5.41, 5.74) is 0.475. The monoisotopic (exact) mass is 284 g/mol. The van der Waals surface area contributed by atoms with E-state index < -0.39 is 6.10 Å². The maximum Gasteiger partial charge on any atom is 0.169 e. The van der Waals surface area contributed by atoms with Gasteiger partial charge in [-0.3, -0.25) is 0 Å². The van der Waals surface area contributed by atoms with Crippen LogP contribution >= 0.6 is 15.9 Å². The van der Waals surface area contributed by atoms with Gasteiger partial charge < -0.3 is 9.52 Å². The van der Waals surface area contributed by atoms with Gasteiger partial charge in [-0.2, -0.15) is 0 Å². The lowest BCUT2D eigenvalue weighted by atomic mass is 10.1. The number of aliphatic hydroxyl groups is 1. The molecule has 0 saturated heterocycles. The van der Waals surface area contributed by atoms with Crippen molar-refractivity contribution in [3.05, 3.63) is 58.2 Å². The maximum absolute atomic E-state index is 13.3. The Kier molecular flexibility index (Phi) is 3.41. The van der Waals surface area contributed by atoms with Crippen LogP contribution in [0.2, 0.25) is 0 Å². The highest BCUT2D eigenvalue weighted by atomic mass is 79.9. The van der Waals surface area contributed by atoms with Crippen LogP contribution in [0.1, 0.15) is 17.4 Å². The number of benzene rings is 1. The van der Waals surface area contributed by atoms with Crippen LogP contribution in [0, 0.1) is 5.82 Å². The summed E-state index contributed by atoms with van der Waals surface area (Å²) < 4.78 is 19.1. The molecule has 0 aliphatic rings. The van der Waals surface area contributed by atoms with Crippen LogP contribution < -0.4 is 0 Å². The first-order valence-corrected chi connectivity index (χ1v) is 5.63. The average molecular weight is 285 g/mol. The van der Waals surface area contributed by atoms with Crippen molar-refractivity contribution in [1.29, 1.82) is 0 Å². The zero-order valence-corrected chi connectivity index (χ0v) is 9.95. The summed E-state index contributed by atoms with van der Waals surface area (Å²) in [6.45, 7) is 0. The van der Waals surface area contributed by atoms with Gasteiger partial charge in [0.2, 0.25) is 0 Å². The fourth-order valence-corrected chi connectivity index (χ4v) is 1.80. The molecule has 84 valence electrons. The predicted molar refractivity (Wildman–Crippen MR) is 61.5 cm³/mol. The first-order valence-electron chi connectivity index (χ1n) is 4.83. The van der Waals surface area contributed by atoms with Crippen LogP contribution in [-0.4, -0.2) is 5.11 Å². The van der Waals surface area contributed by atoms with Crippen molar-refractivity contribution < 1.29 is 13.9 Å². The van der Waals surface area contributed by atoms with Crippen molar-refractivity contribution in [3.63, 3.8) is 0 Å². The van der Waals surface area contributed by atoms with E-state index in [2.05, 4.69) is 15.9 Å². The van der Waals surface area contributed by atoms with Gasteiger partial charge in [0, 0.05) is 6.42 Å². The second-order valence-corrected chi connectivity index (χ2v) is 4.23. The van der Waals surface area contributed by atoms with E-state index >= 15 is 0 Å². The molecule has 0 aliphatic carbocycles. The number of rotatable bonds is 3. The second-order valence-electron chi connectivity index (χ2n) is 3.45. The summed E-state index contributed by atoms with van der Waals surface area (Å²) in [6.07, 6.45) is -0.629. The molecule has 1 N–H and O–H groups in total. The molecule has 1 heterocycles. The van der Waals surface area contributed by atoms with Crippen molar-refractivity contribution in [2.24, 2.45) is 0 Å². The summed E-state index contributed by atoms with van der Waals surface area (Å²) in [5, 5.41) is 9.83. The lowest BCUT2D eigenvalue weighted by Crippen LogP contribution is -2.02. The quantitative estimate of drug-likeness (QED) is 0.937. The van der Waals surface area contributed by atoms with Crippen molar-refractivity contribution in [3.8, 4) is 0 Å². The lowest BCUT2D eigenvalue weighted by molar-refractivity contribution is 0.147. The fourth-order valence-electron chi connectivity index (χ4n) is 1.48. The number of halogens is 2. The maximum atomic E-state index is 13.3. The van der Waals surface area contributed by atoms with Gasteiger partial charge in [-0.15, -0.1) is 0 Å². The smallest absolute Gasteiger partial charge is 0.169 e. The average Bonchev–Trinajstić information content (AvgIpc) is 2.68. The fraction of sp³-hybridized carbons (Fsp3) is 0.167. The molecule has 0 bridgehead atoms. The standard InChI is InChI=1S/C12H10BrFO2/c13-12-6-5-11(16-12)10(15)7-8-3-1-2-4-9(8)14/h1-6,10,15H,7H2. The third-order valence-corrected chi connectivity index (χ3v) is 2.72. The molecule has 16 heavy (non-hydrogen) atoms.